The van der Waals surface area contributed by atoms with Gasteiger partial charge in [-0.3, -0.25) is 9.59 Å². The second-order valence-corrected chi connectivity index (χ2v) is 6.42. The summed E-state index contributed by atoms with van der Waals surface area (Å²) in [6, 6.07) is 14.2. The molecule has 1 aliphatic heterocycles. The Bertz CT molecular complexity index is 758. The van der Waals surface area contributed by atoms with Gasteiger partial charge in [-0.05, 0) is 48.7 Å². The Balaban J connectivity index is 1.63. The zero-order chi connectivity index (χ0) is 17.1. The van der Waals surface area contributed by atoms with Crippen LogP contribution in [0.5, 0.6) is 0 Å². The molecule has 2 aromatic rings. The lowest BCUT2D eigenvalue weighted by Gasteiger charge is -2.31. The van der Waals surface area contributed by atoms with E-state index in [1.807, 2.05) is 18.2 Å². The van der Waals surface area contributed by atoms with Crippen LogP contribution < -0.4 is 5.32 Å². The zero-order valence-corrected chi connectivity index (χ0v) is 14.2. The standard InChI is InChI=1S/C19H19ClN2O2/c1-13(21-18(23)15-6-8-17(20)9-7-15)19(24)22-11-10-14-4-2-3-5-16(14)12-22/h2-9,13H,10-12H2,1H3,(H,21,23)/t13-/m0/s1. The number of benzene rings is 2. The number of halogens is 1. The summed E-state index contributed by atoms with van der Waals surface area (Å²) in [5.74, 6) is -0.336. The molecular formula is C19H19ClN2O2. The first-order valence-corrected chi connectivity index (χ1v) is 8.34. The minimum Gasteiger partial charge on any atom is -0.341 e. The van der Waals surface area contributed by atoms with E-state index in [0.29, 0.717) is 23.7 Å². The number of nitrogens with one attached hydrogen (secondary N) is 1. The molecule has 0 saturated carbocycles. The fourth-order valence-corrected chi connectivity index (χ4v) is 3.03. The van der Waals surface area contributed by atoms with Crippen molar-refractivity contribution in [2.75, 3.05) is 6.54 Å². The Kier molecular flexibility index (Phi) is 4.86. The Labute approximate surface area is 146 Å². The Morgan fingerprint density at radius 2 is 1.75 bits per heavy atom. The van der Waals surface area contributed by atoms with Crippen molar-refractivity contribution in [1.82, 2.24) is 10.2 Å². The number of carbonyl (C=O) groups excluding carboxylic acids is 2. The van der Waals surface area contributed by atoms with Crippen molar-refractivity contribution in [3.8, 4) is 0 Å². The smallest absolute Gasteiger partial charge is 0.251 e. The number of amides is 2. The van der Waals surface area contributed by atoms with Crippen LogP contribution in [0.3, 0.4) is 0 Å². The van der Waals surface area contributed by atoms with Crippen molar-refractivity contribution < 1.29 is 9.59 Å². The number of hydrogen-bond donors (Lipinski definition) is 1. The number of nitrogens with zero attached hydrogens (tertiary/aromatic N) is 1. The van der Waals surface area contributed by atoms with Gasteiger partial charge in [-0.1, -0.05) is 35.9 Å². The van der Waals surface area contributed by atoms with Gasteiger partial charge < -0.3 is 10.2 Å². The van der Waals surface area contributed by atoms with Gasteiger partial charge in [-0.15, -0.1) is 0 Å². The SMILES string of the molecule is C[C@H](NC(=O)c1ccc(Cl)cc1)C(=O)N1CCc2ccccc2C1. The van der Waals surface area contributed by atoms with E-state index in [9.17, 15) is 9.59 Å². The molecule has 124 valence electrons. The van der Waals surface area contributed by atoms with Gasteiger partial charge >= 0.3 is 0 Å². The summed E-state index contributed by atoms with van der Waals surface area (Å²) >= 11 is 5.82. The summed E-state index contributed by atoms with van der Waals surface area (Å²) in [5.41, 5.74) is 2.95. The van der Waals surface area contributed by atoms with Gasteiger partial charge in [0, 0.05) is 23.7 Å². The lowest BCUT2D eigenvalue weighted by molar-refractivity contribution is -0.133. The predicted octanol–water partition coefficient (Wildman–Crippen LogP) is 3.04. The van der Waals surface area contributed by atoms with Gasteiger partial charge in [0.15, 0.2) is 0 Å². The van der Waals surface area contributed by atoms with Crippen LogP contribution in [0.4, 0.5) is 0 Å². The number of hydrogen-bond acceptors (Lipinski definition) is 2. The van der Waals surface area contributed by atoms with Crippen LogP contribution in [0.2, 0.25) is 5.02 Å². The quantitative estimate of drug-likeness (QED) is 0.932. The largest absolute Gasteiger partial charge is 0.341 e. The van der Waals surface area contributed by atoms with Gasteiger partial charge in [0.1, 0.15) is 6.04 Å². The summed E-state index contributed by atoms with van der Waals surface area (Å²) in [6.45, 7) is 2.99. The first-order chi connectivity index (χ1) is 11.5. The van der Waals surface area contributed by atoms with E-state index in [1.54, 1.807) is 36.1 Å². The highest BCUT2D eigenvalue weighted by atomic mass is 35.5. The first-order valence-electron chi connectivity index (χ1n) is 7.96. The normalized spacial score (nSPS) is 14.7. The van der Waals surface area contributed by atoms with E-state index in [4.69, 9.17) is 11.6 Å². The van der Waals surface area contributed by atoms with E-state index in [2.05, 4.69) is 11.4 Å². The molecule has 24 heavy (non-hydrogen) atoms. The molecule has 3 rings (SSSR count). The first kappa shape index (κ1) is 16.5. The van der Waals surface area contributed by atoms with E-state index >= 15 is 0 Å². The Morgan fingerprint density at radius 3 is 2.46 bits per heavy atom. The number of fused-ring (bicyclic) bond motifs is 1. The summed E-state index contributed by atoms with van der Waals surface area (Å²) in [4.78, 5) is 26.6. The lowest BCUT2D eigenvalue weighted by atomic mass is 9.99. The van der Waals surface area contributed by atoms with Gasteiger partial charge in [0.25, 0.3) is 5.91 Å². The highest BCUT2D eigenvalue weighted by Crippen LogP contribution is 2.19. The molecule has 0 spiro atoms. The molecule has 1 aliphatic rings. The third kappa shape index (κ3) is 3.60. The average Bonchev–Trinajstić information content (AvgIpc) is 2.61. The topological polar surface area (TPSA) is 49.4 Å². The number of carbonyl (C=O) groups is 2. The highest BCUT2D eigenvalue weighted by Gasteiger charge is 2.25. The molecule has 0 unspecified atom stereocenters. The third-order valence-electron chi connectivity index (χ3n) is 4.27. The van der Waals surface area contributed by atoms with E-state index in [1.165, 1.54) is 11.1 Å². The summed E-state index contributed by atoms with van der Waals surface area (Å²) in [5, 5.41) is 3.34. The van der Waals surface area contributed by atoms with E-state index in [-0.39, 0.29) is 11.8 Å². The molecule has 0 aliphatic carbocycles. The third-order valence-corrected chi connectivity index (χ3v) is 4.52. The van der Waals surface area contributed by atoms with Crippen LogP contribution in [0.25, 0.3) is 0 Å². The van der Waals surface area contributed by atoms with Crippen molar-refractivity contribution in [2.24, 2.45) is 0 Å². The molecule has 2 aromatic carbocycles. The molecule has 1 N–H and O–H groups in total. The van der Waals surface area contributed by atoms with Crippen molar-refractivity contribution in [3.05, 3.63) is 70.2 Å². The molecule has 0 fully saturated rings. The predicted molar refractivity (Wildman–Crippen MR) is 93.9 cm³/mol. The summed E-state index contributed by atoms with van der Waals surface area (Å²) in [7, 11) is 0. The van der Waals surface area contributed by atoms with Crippen LogP contribution in [-0.4, -0.2) is 29.3 Å². The molecule has 5 heteroatoms. The maximum atomic E-state index is 12.6. The highest BCUT2D eigenvalue weighted by molar-refractivity contribution is 6.30. The Morgan fingerprint density at radius 1 is 1.08 bits per heavy atom. The number of rotatable bonds is 3. The van der Waals surface area contributed by atoms with Crippen LogP contribution in [0, 0.1) is 0 Å². The van der Waals surface area contributed by atoms with Crippen molar-refractivity contribution in [2.45, 2.75) is 25.9 Å². The van der Waals surface area contributed by atoms with Gasteiger partial charge in [0.05, 0.1) is 0 Å². The molecule has 0 radical (unpaired) electrons. The Hall–Kier alpha value is -2.33. The van der Waals surface area contributed by atoms with E-state index in [0.717, 1.165) is 6.42 Å². The molecule has 4 nitrogen and oxygen atoms in total. The fraction of sp³-hybridized carbons (Fsp3) is 0.263. The second kappa shape index (κ2) is 7.05. The molecule has 0 aromatic heterocycles. The zero-order valence-electron chi connectivity index (χ0n) is 13.5. The fourth-order valence-electron chi connectivity index (χ4n) is 2.90. The maximum absolute atomic E-state index is 12.6. The van der Waals surface area contributed by atoms with Crippen LogP contribution >= 0.6 is 11.6 Å². The van der Waals surface area contributed by atoms with Crippen LogP contribution in [0.15, 0.2) is 48.5 Å². The average molecular weight is 343 g/mol. The van der Waals surface area contributed by atoms with Gasteiger partial charge in [0.2, 0.25) is 5.91 Å². The summed E-state index contributed by atoms with van der Waals surface area (Å²) < 4.78 is 0. The van der Waals surface area contributed by atoms with Crippen LogP contribution in [-0.2, 0) is 17.8 Å². The van der Waals surface area contributed by atoms with Crippen LogP contribution in [0.1, 0.15) is 28.4 Å². The molecule has 1 atom stereocenters. The van der Waals surface area contributed by atoms with Crippen molar-refractivity contribution in [3.63, 3.8) is 0 Å². The molecule has 1 heterocycles. The van der Waals surface area contributed by atoms with Gasteiger partial charge in [-0.2, -0.15) is 0 Å². The molecule has 2 amide bonds. The second-order valence-electron chi connectivity index (χ2n) is 5.98. The lowest BCUT2D eigenvalue weighted by Crippen LogP contribution is -2.48. The van der Waals surface area contributed by atoms with E-state index < -0.39 is 6.04 Å². The van der Waals surface area contributed by atoms with Crippen molar-refractivity contribution in [1.29, 1.82) is 0 Å². The summed E-state index contributed by atoms with van der Waals surface area (Å²) in [6.07, 6.45) is 0.847. The van der Waals surface area contributed by atoms with Crippen molar-refractivity contribution >= 4 is 23.4 Å². The van der Waals surface area contributed by atoms with Gasteiger partial charge in [-0.25, -0.2) is 0 Å². The maximum Gasteiger partial charge on any atom is 0.251 e. The molecule has 0 saturated heterocycles. The monoisotopic (exact) mass is 342 g/mol. The molecular weight excluding hydrogens is 324 g/mol. The molecule has 0 bridgehead atoms. The minimum atomic E-state index is -0.571. The minimum absolute atomic E-state index is 0.0631.